The quantitative estimate of drug-likeness (QED) is 0.290. The molecular formula is C26H35ClN5NaO5S. The Kier molecular flexibility index (Phi) is 11.4. The number of halogens is 1. The number of imidazole rings is 1. The molecule has 0 spiro atoms. The van der Waals surface area contributed by atoms with E-state index in [0.29, 0.717) is 40.7 Å². The third-order valence-corrected chi connectivity index (χ3v) is 7.37. The standard InChI is InChI=1S/C26H34ClN5O5S.Na.H/c1-7-8-9-14-38(35,36)30-24(33)22-13-12-21-23(29-22)32(17(2)28-21)16-18-10-11-19(15-20(18)27)31(6)25(34)37-26(3,4)5;;/h10-13,15H,7-9,14,16H2,1-6H3,(H,30,33);;. The van der Waals surface area contributed by atoms with Gasteiger partial charge in [0.05, 0.1) is 12.3 Å². The number of anilines is 1. The van der Waals surface area contributed by atoms with Crippen molar-refractivity contribution in [3.8, 4) is 0 Å². The average molecular weight is 588 g/mol. The summed E-state index contributed by atoms with van der Waals surface area (Å²) in [5, 5.41) is 0.422. The molecular weight excluding hydrogens is 553 g/mol. The van der Waals surface area contributed by atoms with Gasteiger partial charge in [-0.25, -0.2) is 27.9 Å². The van der Waals surface area contributed by atoms with Crippen molar-refractivity contribution < 1.29 is 22.7 Å². The van der Waals surface area contributed by atoms with Gasteiger partial charge in [0.25, 0.3) is 5.91 Å². The number of fused-ring (bicyclic) bond motifs is 1. The van der Waals surface area contributed by atoms with Crippen molar-refractivity contribution in [2.24, 2.45) is 0 Å². The second-order valence-corrected chi connectivity index (χ2v) is 12.3. The van der Waals surface area contributed by atoms with E-state index in [1.165, 1.54) is 11.0 Å². The number of amides is 2. The zero-order valence-electron chi connectivity index (χ0n) is 22.5. The van der Waals surface area contributed by atoms with Crippen LogP contribution in [0.1, 0.15) is 68.8 Å². The van der Waals surface area contributed by atoms with Gasteiger partial charge in [-0.2, -0.15) is 0 Å². The van der Waals surface area contributed by atoms with Crippen LogP contribution in [0.3, 0.4) is 0 Å². The summed E-state index contributed by atoms with van der Waals surface area (Å²) >= 11 is 6.57. The van der Waals surface area contributed by atoms with E-state index in [1.54, 1.807) is 63.6 Å². The van der Waals surface area contributed by atoms with Crippen LogP contribution >= 0.6 is 11.6 Å². The first-order chi connectivity index (χ1) is 17.7. The Bertz CT molecular complexity index is 1450. The number of rotatable bonds is 9. The third kappa shape index (κ3) is 8.91. The molecule has 0 aliphatic rings. The average Bonchev–Trinajstić information content (AvgIpc) is 3.12. The molecule has 3 aromatic rings. The Morgan fingerprint density at radius 3 is 2.44 bits per heavy atom. The number of carbonyl (C=O) groups is 2. The number of aryl methyl sites for hydroxylation is 1. The zero-order valence-corrected chi connectivity index (χ0v) is 24.1. The minimum absolute atomic E-state index is 0. The van der Waals surface area contributed by atoms with E-state index in [2.05, 4.69) is 14.7 Å². The topological polar surface area (TPSA) is 123 Å². The summed E-state index contributed by atoms with van der Waals surface area (Å²) in [4.78, 5) is 35.4. The van der Waals surface area contributed by atoms with Gasteiger partial charge in [0.2, 0.25) is 10.0 Å². The third-order valence-electron chi connectivity index (χ3n) is 5.70. The van der Waals surface area contributed by atoms with E-state index in [0.717, 1.165) is 18.4 Å². The molecule has 2 heterocycles. The van der Waals surface area contributed by atoms with Gasteiger partial charge in [-0.05, 0) is 63.9 Å². The molecule has 2 aromatic heterocycles. The molecule has 0 fully saturated rings. The van der Waals surface area contributed by atoms with Crippen molar-refractivity contribution in [3.05, 3.63) is 52.4 Å². The van der Waals surface area contributed by atoms with Crippen LogP contribution in [0.15, 0.2) is 30.3 Å². The van der Waals surface area contributed by atoms with Crippen LogP contribution < -0.4 is 9.62 Å². The molecule has 0 unspecified atom stereocenters. The molecule has 0 aliphatic heterocycles. The number of hydrogen-bond acceptors (Lipinski definition) is 7. The molecule has 3 rings (SSSR count). The van der Waals surface area contributed by atoms with Gasteiger partial charge in [-0.1, -0.05) is 37.4 Å². The van der Waals surface area contributed by atoms with Gasteiger partial charge in [0.15, 0.2) is 5.65 Å². The van der Waals surface area contributed by atoms with E-state index in [-0.39, 0.29) is 41.0 Å². The van der Waals surface area contributed by atoms with E-state index in [1.807, 2.05) is 6.92 Å². The Balaban J connectivity index is 0.00000533. The van der Waals surface area contributed by atoms with E-state index < -0.39 is 27.6 Å². The molecule has 1 aromatic carbocycles. The summed E-state index contributed by atoms with van der Waals surface area (Å²) in [6.45, 7) is 9.45. The Labute approximate surface area is 256 Å². The molecule has 39 heavy (non-hydrogen) atoms. The number of nitrogens with zero attached hydrogens (tertiary/aromatic N) is 4. The second kappa shape index (κ2) is 13.5. The Morgan fingerprint density at radius 2 is 1.82 bits per heavy atom. The molecule has 0 saturated heterocycles. The summed E-state index contributed by atoms with van der Waals surface area (Å²) in [7, 11) is -2.15. The van der Waals surface area contributed by atoms with Crippen LogP contribution in [0.4, 0.5) is 10.5 Å². The molecule has 0 aliphatic carbocycles. The molecule has 1 N–H and O–H groups in total. The Hall–Kier alpha value is -2.18. The molecule has 0 atom stereocenters. The van der Waals surface area contributed by atoms with Gasteiger partial charge in [-0.3, -0.25) is 9.69 Å². The van der Waals surface area contributed by atoms with Gasteiger partial charge >= 0.3 is 35.7 Å². The fourth-order valence-corrected chi connectivity index (χ4v) is 5.00. The van der Waals surface area contributed by atoms with Crippen LogP contribution in [0.25, 0.3) is 11.2 Å². The number of sulfonamides is 1. The normalized spacial score (nSPS) is 11.7. The van der Waals surface area contributed by atoms with Crippen LogP contribution in [0.5, 0.6) is 0 Å². The fraction of sp³-hybridized carbons (Fsp3) is 0.462. The monoisotopic (exact) mass is 587 g/mol. The fourth-order valence-electron chi connectivity index (χ4n) is 3.70. The van der Waals surface area contributed by atoms with E-state index in [9.17, 15) is 18.0 Å². The summed E-state index contributed by atoms with van der Waals surface area (Å²) in [6.07, 6.45) is 1.61. The predicted octanol–water partition coefficient (Wildman–Crippen LogP) is 4.41. The number of aromatic nitrogens is 3. The van der Waals surface area contributed by atoms with Gasteiger partial charge < -0.3 is 9.30 Å². The number of ether oxygens (including phenoxy) is 1. The Morgan fingerprint density at radius 1 is 1.13 bits per heavy atom. The van der Waals surface area contributed by atoms with Crippen LogP contribution in [-0.4, -0.2) is 82.9 Å². The van der Waals surface area contributed by atoms with Gasteiger partial charge in [0.1, 0.15) is 22.6 Å². The number of benzene rings is 1. The molecule has 13 heteroatoms. The van der Waals surface area contributed by atoms with Crippen LogP contribution in [-0.2, 0) is 21.3 Å². The van der Waals surface area contributed by atoms with Crippen molar-refractivity contribution in [3.63, 3.8) is 0 Å². The minimum atomic E-state index is -3.76. The summed E-state index contributed by atoms with van der Waals surface area (Å²) in [5.74, 6) is -0.270. The summed E-state index contributed by atoms with van der Waals surface area (Å²) < 4.78 is 33.8. The molecule has 0 radical (unpaired) electrons. The maximum atomic E-state index is 12.7. The first-order valence-electron chi connectivity index (χ1n) is 12.3. The number of unbranched alkanes of at least 4 members (excludes halogenated alkanes) is 2. The van der Waals surface area contributed by atoms with Crippen LogP contribution in [0.2, 0.25) is 5.02 Å². The van der Waals surface area contributed by atoms with E-state index >= 15 is 0 Å². The molecule has 208 valence electrons. The van der Waals surface area contributed by atoms with Crippen molar-refractivity contribution in [2.45, 2.75) is 66.0 Å². The number of carbonyl (C=O) groups excluding carboxylic acids is 2. The molecule has 2 amide bonds. The SMILES string of the molecule is CCCCCS(=O)(=O)NC(=O)c1ccc2nc(C)n(Cc3ccc(N(C)C(=O)OC(C)(C)C)cc3Cl)c2n1.[NaH]. The van der Waals surface area contributed by atoms with E-state index in [4.69, 9.17) is 16.3 Å². The van der Waals surface area contributed by atoms with Gasteiger partial charge in [0, 0.05) is 17.8 Å². The predicted molar refractivity (Wildman–Crippen MR) is 155 cm³/mol. The number of hydrogen-bond donors (Lipinski definition) is 1. The molecule has 10 nitrogen and oxygen atoms in total. The molecule has 0 saturated carbocycles. The molecule has 0 bridgehead atoms. The number of nitrogens with one attached hydrogen (secondary N) is 1. The first kappa shape index (κ1) is 33.0. The van der Waals surface area contributed by atoms with Gasteiger partial charge in [-0.15, -0.1) is 0 Å². The first-order valence-corrected chi connectivity index (χ1v) is 14.4. The maximum absolute atomic E-state index is 12.7. The summed E-state index contributed by atoms with van der Waals surface area (Å²) in [5.41, 5.74) is 1.63. The van der Waals surface area contributed by atoms with Crippen molar-refractivity contribution >= 4 is 80.0 Å². The number of pyridine rings is 1. The summed E-state index contributed by atoms with van der Waals surface area (Å²) in [6, 6.07) is 8.30. The zero-order chi connectivity index (χ0) is 28.3. The van der Waals surface area contributed by atoms with Crippen molar-refractivity contribution in [1.29, 1.82) is 0 Å². The second-order valence-electron chi connectivity index (χ2n) is 10.1. The van der Waals surface area contributed by atoms with Crippen molar-refractivity contribution in [1.82, 2.24) is 19.3 Å². The van der Waals surface area contributed by atoms with Crippen molar-refractivity contribution in [2.75, 3.05) is 17.7 Å². The van der Waals surface area contributed by atoms with Crippen LogP contribution in [0, 0.1) is 6.92 Å².